The van der Waals surface area contributed by atoms with Crippen molar-refractivity contribution in [2.75, 3.05) is 99.3 Å². The molecule has 3 N–H and O–H groups in total. The summed E-state index contributed by atoms with van der Waals surface area (Å²) in [6.45, 7) is 1.40. The molecule has 26 nitrogen and oxygen atoms in total. The Hall–Kier alpha value is -6.80. The first-order valence-electron chi connectivity index (χ1n) is 24.8. The Balaban J connectivity index is 0.000000394. The van der Waals surface area contributed by atoms with Crippen LogP contribution >= 0.6 is 15.9 Å². The van der Waals surface area contributed by atoms with E-state index >= 15 is 0 Å². The number of carbonyl (C=O) groups excluding carboxylic acids is 4. The van der Waals surface area contributed by atoms with Crippen LogP contribution in [0.1, 0.15) is 37.4 Å². The number of carboxylic acid groups (broad SMARTS) is 1. The van der Waals surface area contributed by atoms with Crippen LogP contribution in [0.2, 0.25) is 0 Å². The molecule has 0 bridgehead atoms. The van der Waals surface area contributed by atoms with Crippen molar-refractivity contribution in [1.29, 1.82) is 0 Å². The zero-order valence-electron chi connectivity index (χ0n) is 47.0. The molecule has 0 amide bonds. The van der Waals surface area contributed by atoms with E-state index in [1.165, 1.54) is 75.1 Å². The molecule has 448 valence electrons. The smallest absolute Gasteiger partial charge is 0.870 e. The minimum Gasteiger partial charge on any atom is -0.870 e. The average molecular weight is 1280 g/mol. The number of fused-ring (bicyclic) bond motifs is 4. The van der Waals surface area contributed by atoms with Crippen molar-refractivity contribution < 1.29 is 164 Å². The van der Waals surface area contributed by atoms with Crippen LogP contribution in [0, 0.1) is 0 Å². The minimum atomic E-state index is -1.63. The van der Waals surface area contributed by atoms with Gasteiger partial charge in [0.2, 0.25) is 11.5 Å². The van der Waals surface area contributed by atoms with Crippen LogP contribution in [0.25, 0.3) is 43.9 Å². The fourth-order valence-electron chi connectivity index (χ4n) is 7.26. The molecule has 0 aliphatic carbocycles. The van der Waals surface area contributed by atoms with Crippen molar-refractivity contribution in [1.82, 2.24) is 0 Å². The second-order valence-electron chi connectivity index (χ2n) is 16.9. The molecule has 0 aliphatic heterocycles. The third-order valence-corrected chi connectivity index (χ3v) is 11.3. The Kier molecular flexibility index (Phi) is 32.2. The van der Waals surface area contributed by atoms with Gasteiger partial charge < -0.3 is 100 Å². The van der Waals surface area contributed by atoms with E-state index in [-0.39, 0.29) is 202 Å². The largest absolute Gasteiger partial charge is 1.00 e. The molecule has 1 unspecified atom stereocenters. The zero-order valence-corrected chi connectivity index (χ0v) is 52.6. The van der Waals surface area contributed by atoms with E-state index in [2.05, 4.69) is 15.9 Å². The minimum absolute atomic E-state index is 0. The number of hydrogen-bond donors (Lipinski definition) is 2. The molecule has 8 aromatic rings. The molecule has 4 aromatic heterocycles. The van der Waals surface area contributed by atoms with Crippen LogP contribution in [0.3, 0.4) is 0 Å². The summed E-state index contributed by atoms with van der Waals surface area (Å²) >= 11 is 3.24. The molecule has 86 heavy (non-hydrogen) atoms. The number of rotatable bonds is 27. The molecular weight excluding hydrogens is 1230 g/mol. The number of carboxylic acids is 1. The van der Waals surface area contributed by atoms with E-state index in [0.717, 1.165) is 36.2 Å². The normalized spacial score (nSPS) is 10.9. The summed E-state index contributed by atoms with van der Waals surface area (Å²) < 4.78 is 73.2. The molecule has 1 atom stereocenters. The van der Waals surface area contributed by atoms with Crippen LogP contribution in [0.5, 0.6) is 23.0 Å². The van der Waals surface area contributed by atoms with Crippen LogP contribution < -0.4 is 105 Å². The van der Waals surface area contributed by atoms with Crippen molar-refractivity contribution >= 4 is 84.0 Å². The number of aliphatic hydroxyl groups excluding tert-OH is 2. The number of methoxy groups -OCH3 is 3. The third-order valence-electron chi connectivity index (χ3n) is 11.0. The number of aromatic carboxylic acids is 1. The second kappa shape index (κ2) is 37.7. The van der Waals surface area contributed by atoms with Gasteiger partial charge in [-0.2, -0.15) is 0 Å². The van der Waals surface area contributed by atoms with Crippen LogP contribution in [0.15, 0.2) is 134 Å². The number of aliphatic hydroxyl groups is 2. The fraction of sp³-hybridized carbons (Fsp3) is 0.298. The Labute approximate surface area is 539 Å². The topological polar surface area (TPSA) is 375 Å². The van der Waals surface area contributed by atoms with Crippen molar-refractivity contribution in [2.24, 2.45) is 0 Å². The van der Waals surface area contributed by atoms with Crippen LogP contribution in [-0.2, 0) is 33.2 Å². The first-order valence-corrected chi connectivity index (χ1v) is 25.9. The number of alkyl halides is 1. The van der Waals surface area contributed by atoms with E-state index in [1.807, 2.05) is 0 Å². The van der Waals surface area contributed by atoms with E-state index in [9.17, 15) is 53.7 Å². The zero-order chi connectivity index (χ0) is 59.8. The predicted octanol–water partition coefficient (Wildman–Crippen LogP) is -2.26. The van der Waals surface area contributed by atoms with Gasteiger partial charge in [0.05, 0.1) is 38.4 Å². The molecule has 29 heteroatoms. The van der Waals surface area contributed by atoms with Crippen molar-refractivity contribution in [2.45, 2.75) is 12.2 Å². The summed E-state index contributed by atoms with van der Waals surface area (Å²) in [5.41, 5.74) is -1.94. The third kappa shape index (κ3) is 21.0. The van der Waals surface area contributed by atoms with Gasteiger partial charge in [-0.1, -0.05) is 40.2 Å². The quantitative estimate of drug-likeness (QED) is 0.0180. The molecule has 0 aliphatic rings. The van der Waals surface area contributed by atoms with Gasteiger partial charge in [-0.15, -0.1) is 6.07 Å². The summed E-state index contributed by atoms with van der Waals surface area (Å²) in [7, 11) is 4.58. The van der Waals surface area contributed by atoms with Crippen molar-refractivity contribution in [3.63, 3.8) is 0 Å². The summed E-state index contributed by atoms with van der Waals surface area (Å²) in [6, 6.07) is 21.8. The summed E-state index contributed by atoms with van der Waals surface area (Å²) in [6.07, 6.45) is -0.836. The van der Waals surface area contributed by atoms with Gasteiger partial charge in [-0.05, 0) is 48.5 Å². The fourth-order valence-corrected chi connectivity index (χ4v) is 7.49. The van der Waals surface area contributed by atoms with Gasteiger partial charge in [-0.25, -0.2) is 9.59 Å². The van der Waals surface area contributed by atoms with Gasteiger partial charge in [0, 0.05) is 56.9 Å². The second-order valence-corrected chi connectivity index (χ2v) is 17.7. The standard InChI is InChI=1S/C29H28O13.C23H15O10.C5H11BrO2.2Na.H2O/c1-35-9-11-37-28(33)24-13-18(31)26-20(5-3-7-22(26)41-24)39-15-17(30)16-40-21-6-4-8-23-27(21)19(32)14-25(42-23)29(34)38-12-10-36-2;24-9-13-7-14(26)21-16(3-1-5-18(21)32-13)30-10-12(25)11-31-17-4-2-6-19-22(17)15(27)8-20(33-19)23(28)29;1-7-4-5-8-3-2-6;;;/h3-8,13-14,17,30H,9-12,15-16H2,1-2H3;1-8,12,25H,10-11H2,(H,28,29);2-5H2,1H3;;;1H2/q;-1;;2*+1;/p-2. The number of halogens is 1. The predicted molar refractivity (Wildman–Crippen MR) is 296 cm³/mol. The molecular formula is C57H54BrNa2O26-. The molecule has 8 rings (SSSR count). The number of hydrogen-bond acceptors (Lipinski definition) is 26. The molecule has 4 aromatic carbocycles. The van der Waals surface area contributed by atoms with E-state index < -0.39 is 57.6 Å². The monoisotopic (exact) mass is 1280 g/mol. The molecule has 0 spiro atoms. The molecule has 0 saturated heterocycles. The maximum atomic E-state index is 12.8. The average Bonchev–Trinajstić information content (AvgIpc) is 2.04. The SMILES string of the molecule is COCCOC(=O)c1cc(=O)c2c(OCC(O)COc3cccc4oc(C(=O)OCCOC)cc(=O)c34)cccc2o1.COCCOCCBr.O=[C-]c1cc(=O)c2c(OCC(O)COc3cccc4oc(C(=O)[O-])cc(=O)c34)cccc2o1.[Na+].[Na+].[OH-]. The molecule has 0 fully saturated rings. The van der Waals surface area contributed by atoms with Crippen molar-refractivity contribution in [3.05, 3.63) is 161 Å². The van der Waals surface area contributed by atoms with E-state index in [1.54, 1.807) is 25.3 Å². The van der Waals surface area contributed by atoms with Crippen LogP contribution in [0.4, 0.5) is 0 Å². The van der Waals surface area contributed by atoms with Gasteiger partial charge in [0.1, 0.15) is 125 Å². The summed E-state index contributed by atoms with van der Waals surface area (Å²) in [4.78, 5) is 96.1. The first kappa shape index (κ1) is 73.5. The Morgan fingerprint density at radius 2 is 0.826 bits per heavy atom. The maximum Gasteiger partial charge on any atom is 1.00 e. The van der Waals surface area contributed by atoms with Gasteiger partial charge in [0.25, 0.3) is 0 Å². The Bertz CT molecular complexity index is 3640. The van der Waals surface area contributed by atoms with E-state index in [4.69, 9.17) is 65.0 Å². The Morgan fingerprint density at radius 1 is 0.500 bits per heavy atom. The first-order chi connectivity index (χ1) is 40.1. The number of esters is 2. The number of benzene rings is 4. The maximum absolute atomic E-state index is 12.8. The molecule has 0 saturated carbocycles. The van der Waals surface area contributed by atoms with Crippen LogP contribution in [-0.4, -0.2) is 151 Å². The summed E-state index contributed by atoms with van der Waals surface area (Å²) in [5, 5.41) is 32.9. The van der Waals surface area contributed by atoms with Gasteiger partial charge in [-0.3, -0.25) is 14.4 Å². The number of carbonyl (C=O) groups is 3. The number of ether oxygens (including phenoxy) is 10. The summed E-state index contributed by atoms with van der Waals surface area (Å²) in [5.74, 6) is -4.21. The Morgan fingerprint density at radius 3 is 1.16 bits per heavy atom. The van der Waals surface area contributed by atoms with Gasteiger partial charge >= 0.3 is 71.1 Å². The molecule has 4 heterocycles. The van der Waals surface area contributed by atoms with Crippen molar-refractivity contribution in [3.8, 4) is 23.0 Å². The molecule has 0 radical (unpaired) electrons. The van der Waals surface area contributed by atoms with Gasteiger partial charge in [0.15, 0.2) is 22.0 Å². The van der Waals surface area contributed by atoms with E-state index in [0.29, 0.717) is 13.2 Å².